The maximum Gasteiger partial charge on any atom is 0.305 e. The summed E-state index contributed by atoms with van der Waals surface area (Å²) < 4.78 is 43.6. The summed E-state index contributed by atoms with van der Waals surface area (Å²) in [7, 11) is 1.40. The Hall–Kier alpha value is -3.84. The Balaban J connectivity index is 1.15. The molecule has 0 amide bonds. The van der Waals surface area contributed by atoms with Gasteiger partial charge in [-0.3, -0.25) is 4.79 Å². The lowest BCUT2D eigenvalue weighted by Gasteiger charge is -2.18. The van der Waals surface area contributed by atoms with Crippen molar-refractivity contribution in [2.45, 2.75) is 44.1 Å². The number of esters is 1. The van der Waals surface area contributed by atoms with Crippen LogP contribution in [0, 0.1) is 5.82 Å². The van der Waals surface area contributed by atoms with E-state index >= 15 is 4.39 Å². The molecule has 0 radical (unpaired) electrons. The number of ether oxygens (including phenoxy) is 5. The molecule has 0 saturated carbocycles. The minimum atomic E-state index is -0.416. The molecule has 0 unspecified atom stereocenters. The summed E-state index contributed by atoms with van der Waals surface area (Å²) in [5.74, 6) is 2.37. The SMILES string of the molecule is COC(=O)CC[C@@H]1COc2cc(O[C@@H]3CCc4c(Oc5ccc(C6=CCOCC6)cc5)ccc(F)c43)ccc21. The summed E-state index contributed by atoms with van der Waals surface area (Å²) in [5.41, 5.74) is 4.89. The maximum atomic E-state index is 15.1. The molecule has 3 aliphatic rings. The molecular weight excluding hydrogens is 499 g/mol. The van der Waals surface area contributed by atoms with Crippen LogP contribution in [0.3, 0.4) is 0 Å². The maximum absolute atomic E-state index is 15.1. The fourth-order valence-electron chi connectivity index (χ4n) is 5.64. The van der Waals surface area contributed by atoms with Crippen molar-refractivity contribution in [2.24, 2.45) is 0 Å². The Morgan fingerprint density at radius 1 is 1.05 bits per heavy atom. The van der Waals surface area contributed by atoms with E-state index in [2.05, 4.69) is 18.2 Å². The number of hydrogen-bond acceptors (Lipinski definition) is 6. The van der Waals surface area contributed by atoms with Crippen molar-refractivity contribution in [3.63, 3.8) is 0 Å². The molecule has 0 aromatic heterocycles. The van der Waals surface area contributed by atoms with E-state index in [1.165, 1.54) is 18.7 Å². The van der Waals surface area contributed by atoms with Crippen LogP contribution in [0.4, 0.5) is 4.39 Å². The zero-order chi connectivity index (χ0) is 26.8. The Morgan fingerprint density at radius 2 is 1.90 bits per heavy atom. The third-order valence-corrected chi connectivity index (χ3v) is 7.72. The molecule has 2 aliphatic heterocycles. The quantitative estimate of drug-likeness (QED) is 0.295. The van der Waals surface area contributed by atoms with Crippen molar-refractivity contribution < 1.29 is 32.9 Å². The third kappa shape index (κ3) is 5.36. The van der Waals surface area contributed by atoms with E-state index in [-0.39, 0.29) is 17.7 Å². The number of halogens is 1. The van der Waals surface area contributed by atoms with Crippen LogP contribution in [0.1, 0.15) is 60.0 Å². The van der Waals surface area contributed by atoms with Gasteiger partial charge in [0.05, 0.1) is 26.9 Å². The van der Waals surface area contributed by atoms with E-state index in [1.54, 1.807) is 6.07 Å². The molecule has 0 saturated heterocycles. The average Bonchev–Trinajstić information content (AvgIpc) is 3.59. The van der Waals surface area contributed by atoms with Gasteiger partial charge in [-0.25, -0.2) is 4.39 Å². The van der Waals surface area contributed by atoms with Gasteiger partial charge in [-0.1, -0.05) is 24.3 Å². The first kappa shape index (κ1) is 25.4. The second-order valence-corrected chi connectivity index (χ2v) is 10.1. The molecule has 202 valence electrons. The summed E-state index contributed by atoms with van der Waals surface area (Å²) in [6.07, 6.45) is 4.93. The summed E-state index contributed by atoms with van der Waals surface area (Å²) in [6.45, 7) is 1.91. The summed E-state index contributed by atoms with van der Waals surface area (Å²) in [5, 5.41) is 0. The highest BCUT2D eigenvalue weighted by atomic mass is 19.1. The second kappa shape index (κ2) is 11.1. The minimum Gasteiger partial charge on any atom is -0.493 e. The highest BCUT2D eigenvalue weighted by molar-refractivity contribution is 5.69. The van der Waals surface area contributed by atoms with Crippen LogP contribution in [0.5, 0.6) is 23.0 Å². The van der Waals surface area contributed by atoms with Crippen LogP contribution in [0.25, 0.3) is 5.57 Å². The van der Waals surface area contributed by atoms with E-state index in [4.69, 9.17) is 23.7 Å². The number of rotatable bonds is 8. The van der Waals surface area contributed by atoms with Crippen LogP contribution in [0.2, 0.25) is 0 Å². The topological polar surface area (TPSA) is 63.2 Å². The third-order valence-electron chi connectivity index (χ3n) is 7.72. The van der Waals surface area contributed by atoms with E-state index in [9.17, 15) is 4.79 Å². The van der Waals surface area contributed by atoms with Crippen molar-refractivity contribution in [3.05, 3.63) is 88.7 Å². The molecule has 3 aromatic rings. The molecule has 0 N–H and O–H groups in total. The first-order valence-electron chi connectivity index (χ1n) is 13.5. The van der Waals surface area contributed by atoms with E-state index < -0.39 is 6.10 Å². The second-order valence-electron chi connectivity index (χ2n) is 10.1. The van der Waals surface area contributed by atoms with E-state index in [0.29, 0.717) is 61.7 Å². The monoisotopic (exact) mass is 530 g/mol. The fraction of sp³-hybridized carbons (Fsp3) is 0.344. The van der Waals surface area contributed by atoms with Gasteiger partial charge in [-0.05, 0) is 67.2 Å². The highest BCUT2D eigenvalue weighted by Gasteiger charge is 2.32. The summed E-state index contributed by atoms with van der Waals surface area (Å²) in [4.78, 5) is 11.5. The average molecular weight is 531 g/mol. The van der Waals surface area contributed by atoms with Crippen molar-refractivity contribution in [2.75, 3.05) is 26.9 Å². The molecule has 7 heteroatoms. The molecule has 0 bridgehead atoms. The van der Waals surface area contributed by atoms with Crippen molar-refractivity contribution in [1.29, 1.82) is 0 Å². The zero-order valence-electron chi connectivity index (χ0n) is 21.9. The highest BCUT2D eigenvalue weighted by Crippen LogP contribution is 2.44. The van der Waals surface area contributed by atoms with Crippen molar-refractivity contribution >= 4 is 11.5 Å². The fourth-order valence-corrected chi connectivity index (χ4v) is 5.64. The van der Waals surface area contributed by atoms with Gasteiger partial charge >= 0.3 is 5.97 Å². The normalized spacial score (nSPS) is 19.5. The number of methoxy groups -OCH3 is 1. The van der Waals surface area contributed by atoms with E-state index in [1.807, 2.05) is 30.3 Å². The van der Waals surface area contributed by atoms with Crippen LogP contribution in [-0.4, -0.2) is 32.9 Å². The predicted molar refractivity (Wildman–Crippen MR) is 144 cm³/mol. The molecule has 6 nitrogen and oxygen atoms in total. The van der Waals surface area contributed by atoms with Crippen molar-refractivity contribution in [1.82, 2.24) is 0 Å². The van der Waals surface area contributed by atoms with Gasteiger partial charge in [0.1, 0.15) is 34.9 Å². The summed E-state index contributed by atoms with van der Waals surface area (Å²) in [6, 6.07) is 16.9. The molecule has 2 heterocycles. The molecule has 0 fully saturated rings. The Kier molecular flexibility index (Phi) is 7.24. The van der Waals surface area contributed by atoms with Gasteiger partial charge in [0.25, 0.3) is 0 Å². The minimum absolute atomic E-state index is 0.139. The summed E-state index contributed by atoms with van der Waals surface area (Å²) >= 11 is 0. The smallest absolute Gasteiger partial charge is 0.305 e. The van der Waals surface area contributed by atoms with Crippen LogP contribution >= 0.6 is 0 Å². The number of carbonyl (C=O) groups excluding carboxylic acids is 1. The number of benzene rings is 3. The Labute approximate surface area is 227 Å². The van der Waals surface area contributed by atoms with Gasteiger partial charge in [0.2, 0.25) is 0 Å². The van der Waals surface area contributed by atoms with Crippen LogP contribution in [-0.2, 0) is 20.7 Å². The number of hydrogen-bond donors (Lipinski definition) is 0. The molecule has 39 heavy (non-hydrogen) atoms. The van der Waals surface area contributed by atoms with Gasteiger partial charge < -0.3 is 23.7 Å². The first-order valence-corrected chi connectivity index (χ1v) is 13.5. The van der Waals surface area contributed by atoms with Gasteiger partial charge in [0, 0.05) is 35.1 Å². The Bertz CT molecular complexity index is 1400. The lowest BCUT2D eigenvalue weighted by atomic mass is 9.96. The van der Waals surface area contributed by atoms with Crippen LogP contribution in [0.15, 0.2) is 60.7 Å². The number of fused-ring (bicyclic) bond motifs is 2. The molecular formula is C32H31FO6. The van der Waals surface area contributed by atoms with Gasteiger partial charge in [0.15, 0.2) is 0 Å². The lowest BCUT2D eigenvalue weighted by Crippen LogP contribution is -2.06. The largest absolute Gasteiger partial charge is 0.493 e. The molecule has 1 aliphatic carbocycles. The standard InChI is InChI=1S/C32H31FO6/c1-35-31(34)13-4-22-19-37-30-18-24(7-8-25(22)30)39-29-11-9-26-28(12-10-27(33)32(26)29)38-23-5-2-20(3-6-23)21-14-16-36-17-15-21/h2-3,5-8,10,12,14,18,22,29H,4,9,11,13,15-17,19H2,1H3/t22-,29-/m1/s1. The lowest BCUT2D eigenvalue weighted by molar-refractivity contribution is -0.140. The van der Waals surface area contributed by atoms with Gasteiger partial charge in [-0.15, -0.1) is 0 Å². The first-order chi connectivity index (χ1) is 19.1. The van der Waals surface area contributed by atoms with E-state index in [0.717, 1.165) is 35.5 Å². The Morgan fingerprint density at radius 3 is 2.69 bits per heavy atom. The van der Waals surface area contributed by atoms with Crippen LogP contribution < -0.4 is 14.2 Å². The molecule has 3 aromatic carbocycles. The zero-order valence-corrected chi connectivity index (χ0v) is 21.9. The predicted octanol–water partition coefficient (Wildman–Crippen LogP) is 6.92. The molecule has 6 rings (SSSR count). The number of carbonyl (C=O) groups is 1. The van der Waals surface area contributed by atoms with Crippen molar-refractivity contribution in [3.8, 4) is 23.0 Å². The molecule has 0 spiro atoms. The molecule has 2 atom stereocenters. The van der Waals surface area contributed by atoms with Gasteiger partial charge in [-0.2, -0.15) is 0 Å².